The Kier molecular flexibility index (Phi) is 3.57. The van der Waals surface area contributed by atoms with Crippen LogP contribution in [0.4, 0.5) is 5.69 Å². The van der Waals surface area contributed by atoms with E-state index >= 15 is 0 Å². The first-order valence-electron chi connectivity index (χ1n) is 6.26. The van der Waals surface area contributed by atoms with Gasteiger partial charge < -0.3 is 15.1 Å². The highest BCUT2D eigenvalue weighted by molar-refractivity contribution is 5.97. The molecule has 4 nitrogen and oxygen atoms in total. The first-order valence-corrected chi connectivity index (χ1v) is 6.26. The number of phenols is 1. The molecule has 2 atom stereocenters. The van der Waals surface area contributed by atoms with Crippen LogP contribution < -0.4 is 4.90 Å². The number of hydrogen-bond acceptors (Lipinski definition) is 4. The van der Waals surface area contributed by atoms with Crippen molar-refractivity contribution in [2.45, 2.75) is 26.3 Å². The number of aromatic hydroxyl groups is 1. The minimum absolute atomic E-state index is 0.0104. The Morgan fingerprint density at radius 1 is 1.50 bits per heavy atom. The van der Waals surface area contributed by atoms with Crippen LogP contribution in [0.5, 0.6) is 5.75 Å². The molecule has 98 valence electrons. The predicted molar refractivity (Wildman–Crippen MR) is 70.1 cm³/mol. The molecular weight excluding hydrogens is 230 g/mol. The van der Waals surface area contributed by atoms with Crippen LogP contribution in [-0.2, 0) is 0 Å². The van der Waals surface area contributed by atoms with Gasteiger partial charge in [-0.25, -0.2) is 0 Å². The first-order chi connectivity index (χ1) is 8.54. The minimum Gasteiger partial charge on any atom is -0.507 e. The molecule has 4 heteroatoms. The predicted octanol–water partition coefficient (Wildman–Crippen LogP) is 1.80. The number of nitrogens with zero attached hydrogens (tertiary/aromatic N) is 1. The Morgan fingerprint density at radius 2 is 2.22 bits per heavy atom. The molecule has 1 aromatic carbocycles. The maximum Gasteiger partial charge on any atom is 0.163 e. The van der Waals surface area contributed by atoms with Gasteiger partial charge in [-0.1, -0.05) is 6.92 Å². The van der Waals surface area contributed by atoms with Crippen molar-refractivity contribution < 1.29 is 15.0 Å². The second kappa shape index (κ2) is 4.98. The second-order valence-electron chi connectivity index (χ2n) is 4.97. The number of hydrogen-bond donors (Lipinski definition) is 2. The van der Waals surface area contributed by atoms with Gasteiger partial charge in [0.1, 0.15) is 5.75 Å². The number of phenolic OH excluding ortho intramolecular Hbond substituents is 1. The average Bonchev–Trinajstić information content (AvgIpc) is 2.69. The van der Waals surface area contributed by atoms with E-state index in [1.807, 2.05) is 6.07 Å². The number of ketones is 1. The molecule has 0 aromatic heterocycles. The van der Waals surface area contributed by atoms with E-state index in [2.05, 4.69) is 11.8 Å². The SMILES string of the molecule is CC(=O)c1ccc(N2CCC(C)C2CO)cc1O. The largest absolute Gasteiger partial charge is 0.507 e. The number of anilines is 1. The van der Waals surface area contributed by atoms with E-state index in [4.69, 9.17) is 0 Å². The monoisotopic (exact) mass is 249 g/mol. The number of aliphatic hydroxyl groups excluding tert-OH is 1. The molecule has 1 aromatic rings. The minimum atomic E-state index is -0.146. The van der Waals surface area contributed by atoms with E-state index in [-0.39, 0.29) is 24.2 Å². The number of carbonyl (C=O) groups excluding carboxylic acids is 1. The molecule has 1 fully saturated rings. The lowest BCUT2D eigenvalue weighted by Crippen LogP contribution is -2.35. The highest BCUT2D eigenvalue weighted by Gasteiger charge is 2.30. The maximum absolute atomic E-state index is 11.3. The molecule has 1 saturated heterocycles. The summed E-state index contributed by atoms with van der Waals surface area (Å²) in [4.78, 5) is 13.3. The number of carbonyl (C=O) groups is 1. The third-order valence-electron chi connectivity index (χ3n) is 3.76. The van der Waals surface area contributed by atoms with Crippen LogP contribution >= 0.6 is 0 Å². The van der Waals surface area contributed by atoms with Crippen molar-refractivity contribution in [1.29, 1.82) is 0 Å². The Balaban J connectivity index is 2.29. The van der Waals surface area contributed by atoms with E-state index < -0.39 is 0 Å². The molecule has 0 radical (unpaired) electrons. The van der Waals surface area contributed by atoms with Gasteiger partial charge in [-0.2, -0.15) is 0 Å². The van der Waals surface area contributed by atoms with E-state index in [1.165, 1.54) is 6.92 Å². The van der Waals surface area contributed by atoms with E-state index in [9.17, 15) is 15.0 Å². The van der Waals surface area contributed by atoms with Gasteiger partial charge in [0.25, 0.3) is 0 Å². The Morgan fingerprint density at radius 3 is 2.78 bits per heavy atom. The van der Waals surface area contributed by atoms with Crippen molar-refractivity contribution in [3.05, 3.63) is 23.8 Å². The van der Waals surface area contributed by atoms with Gasteiger partial charge in [0.05, 0.1) is 18.2 Å². The topological polar surface area (TPSA) is 60.8 Å². The number of benzene rings is 1. The molecule has 18 heavy (non-hydrogen) atoms. The molecule has 2 unspecified atom stereocenters. The summed E-state index contributed by atoms with van der Waals surface area (Å²) in [5, 5.41) is 19.3. The molecule has 0 bridgehead atoms. The summed E-state index contributed by atoms with van der Waals surface area (Å²) in [5.74, 6) is 0.299. The molecular formula is C14H19NO3. The maximum atomic E-state index is 11.3. The average molecular weight is 249 g/mol. The highest BCUT2D eigenvalue weighted by Crippen LogP contribution is 2.32. The third kappa shape index (κ3) is 2.20. The van der Waals surface area contributed by atoms with Crippen molar-refractivity contribution in [3.8, 4) is 5.75 Å². The number of rotatable bonds is 3. The van der Waals surface area contributed by atoms with E-state index in [0.29, 0.717) is 11.5 Å². The normalized spacial score (nSPS) is 23.4. The zero-order valence-corrected chi connectivity index (χ0v) is 10.8. The van der Waals surface area contributed by atoms with Crippen molar-refractivity contribution in [3.63, 3.8) is 0 Å². The number of Topliss-reactive ketones (excluding diaryl/α,β-unsaturated/α-hetero) is 1. The van der Waals surface area contributed by atoms with Gasteiger partial charge in [-0.3, -0.25) is 4.79 Å². The molecule has 1 aliphatic heterocycles. The van der Waals surface area contributed by atoms with Crippen molar-refractivity contribution >= 4 is 11.5 Å². The zero-order chi connectivity index (χ0) is 13.3. The molecule has 2 N–H and O–H groups in total. The van der Waals surface area contributed by atoms with Crippen molar-refractivity contribution in [1.82, 2.24) is 0 Å². The molecule has 2 rings (SSSR count). The summed E-state index contributed by atoms with van der Waals surface area (Å²) >= 11 is 0. The summed E-state index contributed by atoms with van der Waals surface area (Å²) in [7, 11) is 0. The molecule has 0 saturated carbocycles. The van der Waals surface area contributed by atoms with Crippen molar-refractivity contribution in [2.75, 3.05) is 18.1 Å². The lowest BCUT2D eigenvalue weighted by molar-refractivity contribution is 0.101. The van der Waals surface area contributed by atoms with Crippen LogP contribution in [0.25, 0.3) is 0 Å². The van der Waals surface area contributed by atoms with Crippen LogP contribution in [0.15, 0.2) is 18.2 Å². The van der Waals surface area contributed by atoms with Crippen molar-refractivity contribution in [2.24, 2.45) is 5.92 Å². The Hall–Kier alpha value is -1.55. The van der Waals surface area contributed by atoms with Gasteiger partial charge in [-0.15, -0.1) is 0 Å². The zero-order valence-electron chi connectivity index (χ0n) is 10.8. The van der Waals surface area contributed by atoms with E-state index in [0.717, 1.165) is 18.7 Å². The quantitative estimate of drug-likeness (QED) is 0.802. The Bertz CT molecular complexity index is 458. The smallest absolute Gasteiger partial charge is 0.163 e. The third-order valence-corrected chi connectivity index (χ3v) is 3.76. The Labute approximate surface area is 107 Å². The molecule has 1 heterocycles. The van der Waals surface area contributed by atoms with Gasteiger partial charge in [-0.05, 0) is 31.4 Å². The molecule has 0 spiro atoms. The summed E-state index contributed by atoms with van der Waals surface area (Å²) in [6.07, 6.45) is 1.03. The molecule has 1 aliphatic rings. The van der Waals surface area contributed by atoms with Gasteiger partial charge in [0.15, 0.2) is 5.78 Å². The lowest BCUT2D eigenvalue weighted by Gasteiger charge is -2.27. The summed E-state index contributed by atoms with van der Waals surface area (Å²) in [5.41, 5.74) is 1.20. The summed E-state index contributed by atoms with van der Waals surface area (Å²) in [6.45, 7) is 4.52. The standard InChI is InChI=1S/C14H19NO3/c1-9-5-6-15(13(9)8-16)11-3-4-12(10(2)17)14(18)7-11/h3-4,7,9,13,16,18H,5-6,8H2,1-2H3. The van der Waals surface area contributed by atoms with Crippen LogP contribution in [0.2, 0.25) is 0 Å². The van der Waals surface area contributed by atoms with E-state index in [1.54, 1.807) is 12.1 Å². The fourth-order valence-corrected chi connectivity index (χ4v) is 2.60. The highest BCUT2D eigenvalue weighted by atomic mass is 16.3. The summed E-state index contributed by atoms with van der Waals surface area (Å²) in [6, 6.07) is 5.17. The second-order valence-corrected chi connectivity index (χ2v) is 4.97. The first kappa shape index (κ1) is 12.9. The van der Waals surface area contributed by atoms with Crippen LogP contribution in [0, 0.1) is 5.92 Å². The molecule has 0 amide bonds. The van der Waals surface area contributed by atoms with Crippen LogP contribution in [-0.4, -0.2) is 35.2 Å². The van der Waals surface area contributed by atoms with Crippen LogP contribution in [0.1, 0.15) is 30.6 Å². The van der Waals surface area contributed by atoms with Gasteiger partial charge in [0, 0.05) is 18.3 Å². The van der Waals surface area contributed by atoms with Gasteiger partial charge in [0.2, 0.25) is 0 Å². The van der Waals surface area contributed by atoms with Gasteiger partial charge >= 0.3 is 0 Å². The summed E-state index contributed by atoms with van der Waals surface area (Å²) < 4.78 is 0. The lowest BCUT2D eigenvalue weighted by atomic mass is 10.0. The molecule has 0 aliphatic carbocycles. The van der Waals surface area contributed by atoms with Crippen LogP contribution in [0.3, 0.4) is 0 Å². The fourth-order valence-electron chi connectivity index (χ4n) is 2.60. The number of aliphatic hydroxyl groups is 1. The fraction of sp³-hybridized carbons (Fsp3) is 0.500.